The molecule has 0 unspecified atom stereocenters. The molecular weight excluding hydrogens is 433 g/mol. The quantitative estimate of drug-likeness (QED) is 0.557. The number of urea groups is 1. The smallest absolute Gasteiger partial charge is 0.321 e. The third-order valence-corrected chi connectivity index (χ3v) is 6.69. The van der Waals surface area contributed by atoms with Crippen molar-refractivity contribution in [3.63, 3.8) is 0 Å². The van der Waals surface area contributed by atoms with Gasteiger partial charge in [0.05, 0.1) is 6.10 Å². The zero-order chi connectivity index (χ0) is 21.8. The topological polar surface area (TPSA) is 44.8 Å². The van der Waals surface area contributed by atoms with Crippen LogP contribution in [0, 0.1) is 5.92 Å². The minimum Gasteiger partial charge on any atom is -0.490 e. The molecular formula is C24H29Cl2N3O2. The molecule has 166 valence electrons. The van der Waals surface area contributed by atoms with E-state index in [4.69, 9.17) is 27.9 Å². The summed E-state index contributed by atoms with van der Waals surface area (Å²) in [7, 11) is 1.82. The van der Waals surface area contributed by atoms with Crippen molar-refractivity contribution in [2.24, 2.45) is 5.92 Å². The zero-order valence-electron chi connectivity index (χ0n) is 17.8. The third-order valence-electron chi connectivity index (χ3n) is 6.09. The van der Waals surface area contributed by atoms with Crippen molar-refractivity contribution >= 4 is 34.9 Å². The molecule has 5 nitrogen and oxygen atoms in total. The predicted octanol–water partition coefficient (Wildman–Crippen LogP) is 5.91. The Morgan fingerprint density at radius 1 is 1.13 bits per heavy atom. The van der Waals surface area contributed by atoms with E-state index in [2.05, 4.69) is 16.3 Å². The van der Waals surface area contributed by atoms with Crippen molar-refractivity contribution < 1.29 is 9.53 Å². The van der Waals surface area contributed by atoms with Gasteiger partial charge in [-0.2, -0.15) is 0 Å². The molecule has 0 atom stereocenters. The molecule has 1 heterocycles. The van der Waals surface area contributed by atoms with Gasteiger partial charge in [0.1, 0.15) is 5.75 Å². The summed E-state index contributed by atoms with van der Waals surface area (Å²) in [5.74, 6) is 1.27. The van der Waals surface area contributed by atoms with Crippen LogP contribution in [-0.2, 0) is 6.54 Å². The van der Waals surface area contributed by atoms with E-state index in [1.807, 2.05) is 19.2 Å². The molecule has 1 aliphatic carbocycles. The summed E-state index contributed by atoms with van der Waals surface area (Å²) in [5, 5.41) is 4.31. The van der Waals surface area contributed by atoms with Gasteiger partial charge < -0.3 is 15.0 Å². The molecule has 7 heteroatoms. The second-order valence-corrected chi connectivity index (χ2v) is 9.47. The molecule has 1 saturated carbocycles. The van der Waals surface area contributed by atoms with E-state index in [1.54, 1.807) is 29.2 Å². The lowest BCUT2D eigenvalue weighted by Gasteiger charge is -2.37. The van der Waals surface area contributed by atoms with E-state index >= 15 is 0 Å². The van der Waals surface area contributed by atoms with Gasteiger partial charge in [0.2, 0.25) is 0 Å². The Balaban J connectivity index is 1.19. The van der Waals surface area contributed by atoms with E-state index in [0.29, 0.717) is 17.5 Å². The lowest BCUT2D eigenvalue weighted by Crippen LogP contribution is -2.43. The summed E-state index contributed by atoms with van der Waals surface area (Å²) < 4.78 is 6.11. The van der Waals surface area contributed by atoms with Crippen molar-refractivity contribution in [3.8, 4) is 5.75 Å². The number of nitrogens with one attached hydrogen (secondary N) is 1. The summed E-state index contributed by atoms with van der Waals surface area (Å²) in [6, 6.07) is 13.0. The van der Waals surface area contributed by atoms with Gasteiger partial charge >= 0.3 is 6.03 Å². The number of ether oxygens (including phenoxy) is 1. The van der Waals surface area contributed by atoms with Gasteiger partial charge in [0, 0.05) is 35.9 Å². The molecule has 2 fully saturated rings. The number of carbonyl (C=O) groups excluding carboxylic acids is 1. The molecule has 0 radical (unpaired) electrons. The summed E-state index contributed by atoms with van der Waals surface area (Å²) in [5.41, 5.74) is 1.90. The third kappa shape index (κ3) is 6.06. The highest BCUT2D eigenvalue weighted by atomic mass is 35.5. The van der Waals surface area contributed by atoms with Crippen LogP contribution in [0.1, 0.15) is 31.2 Å². The lowest BCUT2D eigenvalue weighted by atomic mass is 9.82. The first-order chi connectivity index (χ1) is 15.0. The fourth-order valence-electron chi connectivity index (χ4n) is 4.25. The SMILES string of the molecule is CN(CC1CC(Oc2ccc(CN3CCCC3)c(Cl)c2)C1)C(=O)Nc1ccc(Cl)cc1. The van der Waals surface area contributed by atoms with Crippen LogP contribution in [0.3, 0.4) is 0 Å². The molecule has 1 N–H and O–H groups in total. The summed E-state index contributed by atoms with van der Waals surface area (Å²) in [4.78, 5) is 16.5. The van der Waals surface area contributed by atoms with Gasteiger partial charge in [-0.05, 0) is 86.7 Å². The number of hydrogen-bond donors (Lipinski definition) is 1. The second kappa shape index (κ2) is 10.1. The summed E-state index contributed by atoms with van der Waals surface area (Å²) in [6.07, 6.45) is 4.61. The Labute approximate surface area is 194 Å². The molecule has 2 aliphatic rings. The van der Waals surface area contributed by atoms with E-state index < -0.39 is 0 Å². The first-order valence-corrected chi connectivity index (χ1v) is 11.7. The van der Waals surface area contributed by atoms with Gasteiger partial charge in [-0.1, -0.05) is 29.3 Å². The lowest BCUT2D eigenvalue weighted by molar-refractivity contribution is 0.0532. The standard InChI is InChI=1S/C24H29Cl2N3O2/c1-28(24(30)27-20-7-5-19(25)6-8-20)15-17-12-22(13-17)31-21-9-4-18(23(26)14-21)16-29-10-2-3-11-29/h4-9,14,17,22H,2-3,10-13,15-16H2,1H3,(H,27,30). The minimum absolute atomic E-state index is 0.118. The number of benzene rings is 2. The van der Waals surface area contributed by atoms with Crippen molar-refractivity contribution in [1.82, 2.24) is 9.80 Å². The van der Waals surface area contributed by atoms with E-state index in [1.165, 1.54) is 12.8 Å². The van der Waals surface area contributed by atoms with Gasteiger partial charge in [-0.25, -0.2) is 4.79 Å². The first-order valence-electron chi connectivity index (χ1n) is 10.9. The van der Waals surface area contributed by atoms with Crippen LogP contribution in [-0.4, -0.2) is 48.6 Å². The largest absolute Gasteiger partial charge is 0.490 e. The molecule has 1 aliphatic heterocycles. The highest BCUT2D eigenvalue weighted by molar-refractivity contribution is 6.31. The average molecular weight is 462 g/mol. The number of amides is 2. The molecule has 0 bridgehead atoms. The predicted molar refractivity (Wildman–Crippen MR) is 126 cm³/mol. The fourth-order valence-corrected chi connectivity index (χ4v) is 4.60. The number of anilines is 1. The van der Waals surface area contributed by atoms with E-state index in [9.17, 15) is 4.79 Å². The number of rotatable bonds is 7. The van der Waals surface area contributed by atoms with Gasteiger partial charge in [-0.3, -0.25) is 4.90 Å². The number of likely N-dealkylation sites (tertiary alicyclic amines) is 1. The molecule has 4 rings (SSSR count). The van der Waals surface area contributed by atoms with Crippen LogP contribution in [0.2, 0.25) is 10.0 Å². The molecule has 2 aromatic rings. The fraction of sp³-hybridized carbons (Fsp3) is 0.458. The first kappa shape index (κ1) is 22.3. The van der Waals surface area contributed by atoms with Crippen LogP contribution in [0.5, 0.6) is 5.75 Å². The Kier molecular flexibility index (Phi) is 7.26. The number of hydrogen-bond acceptors (Lipinski definition) is 3. The number of nitrogens with zero attached hydrogens (tertiary/aromatic N) is 2. The van der Waals surface area contributed by atoms with Gasteiger partial charge in [0.15, 0.2) is 0 Å². The highest BCUT2D eigenvalue weighted by Crippen LogP contribution is 2.33. The van der Waals surface area contributed by atoms with Crippen molar-refractivity contribution in [2.45, 2.75) is 38.3 Å². The maximum Gasteiger partial charge on any atom is 0.321 e. The van der Waals surface area contributed by atoms with E-state index in [-0.39, 0.29) is 12.1 Å². The molecule has 0 spiro atoms. The van der Waals surface area contributed by atoms with Gasteiger partial charge in [0.25, 0.3) is 0 Å². The summed E-state index contributed by atoms with van der Waals surface area (Å²) in [6.45, 7) is 3.93. The van der Waals surface area contributed by atoms with Crippen molar-refractivity contribution in [1.29, 1.82) is 0 Å². The molecule has 31 heavy (non-hydrogen) atoms. The minimum atomic E-state index is -0.118. The molecule has 2 aromatic carbocycles. The Morgan fingerprint density at radius 3 is 2.52 bits per heavy atom. The van der Waals surface area contributed by atoms with Crippen LogP contribution in [0.15, 0.2) is 42.5 Å². The second-order valence-electron chi connectivity index (χ2n) is 8.63. The maximum absolute atomic E-state index is 12.4. The van der Waals surface area contributed by atoms with Gasteiger partial charge in [-0.15, -0.1) is 0 Å². The van der Waals surface area contributed by atoms with Crippen molar-refractivity contribution in [3.05, 3.63) is 58.1 Å². The van der Waals surface area contributed by atoms with Crippen LogP contribution in [0.25, 0.3) is 0 Å². The highest BCUT2D eigenvalue weighted by Gasteiger charge is 2.32. The van der Waals surface area contributed by atoms with Crippen molar-refractivity contribution in [2.75, 3.05) is 32.0 Å². The monoisotopic (exact) mass is 461 g/mol. The molecule has 2 amide bonds. The van der Waals surface area contributed by atoms with Crippen LogP contribution >= 0.6 is 23.2 Å². The average Bonchev–Trinajstić information content (AvgIpc) is 3.23. The Morgan fingerprint density at radius 2 is 1.84 bits per heavy atom. The Bertz CT molecular complexity index is 894. The molecule has 0 aromatic heterocycles. The van der Waals surface area contributed by atoms with E-state index in [0.717, 1.165) is 54.5 Å². The Hall–Kier alpha value is -1.95. The summed E-state index contributed by atoms with van der Waals surface area (Å²) >= 11 is 12.4. The number of halogens is 2. The maximum atomic E-state index is 12.4. The van der Waals surface area contributed by atoms with Crippen LogP contribution in [0.4, 0.5) is 10.5 Å². The molecule has 1 saturated heterocycles. The normalized spacial score (nSPS) is 20.9. The number of carbonyl (C=O) groups is 1. The zero-order valence-corrected chi connectivity index (χ0v) is 19.3. The van der Waals surface area contributed by atoms with Crippen LogP contribution < -0.4 is 10.1 Å².